The minimum Gasteiger partial charge on any atom is -0.471 e. The Hall–Kier alpha value is -2.20. The standard InChI is InChI=1S/C15H10ClFN2O/c16-14-7-12(17)6-5-11(14)9-20-15-13-4-2-1-3-10(13)8-18-19-15/h1-8H,9H2. The van der Waals surface area contributed by atoms with Crippen molar-refractivity contribution in [1.82, 2.24) is 10.2 Å². The maximum absolute atomic E-state index is 13.0. The summed E-state index contributed by atoms with van der Waals surface area (Å²) < 4.78 is 18.6. The zero-order chi connectivity index (χ0) is 13.9. The van der Waals surface area contributed by atoms with Crippen molar-refractivity contribution in [3.8, 4) is 5.88 Å². The molecule has 1 aromatic heterocycles. The Balaban J connectivity index is 1.87. The molecule has 0 saturated carbocycles. The van der Waals surface area contributed by atoms with Crippen LogP contribution in [0.3, 0.4) is 0 Å². The lowest BCUT2D eigenvalue weighted by Crippen LogP contribution is -2.00. The Kier molecular flexibility index (Phi) is 3.48. The minimum absolute atomic E-state index is 0.210. The summed E-state index contributed by atoms with van der Waals surface area (Å²) in [5, 5.41) is 10.0. The molecule has 0 radical (unpaired) electrons. The molecule has 0 spiro atoms. The van der Waals surface area contributed by atoms with Crippen molar-refractivity contribution >= 4 is 22.4 Å². The van der Waals surface area contributed by atoms with Gasteiger partial charge in [0.15, 0.2) is 0 Å². The third kappa shape index (κ3) is 2.56. The molecule has 3 nitrogen and oxygen atoms in total. The number of fused-ring (bicyclic) bond motifs is 1. The molecule has 0 amide bonds. The van der Waals surface area contributed by atoms with Gasteiger partial charge in [-0.1, -0.05) is 35.9 Å². The first-order chi connectivity index (χ1) is 9.74. The molecule has 0 N–H and O–H groups in total. The Labute approximate surface area is 120 Å². The van der Waals surface area contributed by atoms with E-state index in [1.54, 1.807) is 12.3 Å². The summed E-state index contributed by atoms with van der Waals surface area (Å²) in [4.78, 5) is 0. The van der Waals surface area contributed by atoms with Crippen LogP contribution >= 0.6 is 11.6 Å². The molecule has 0 aliphatic rings. The van der Waals surface area contributed by atoms with Crippen molar-refractivity contribution in [2.24, 2.45) is 0 Å². The van der Waals surface area contributed by atoms with Crippen LogP contribution in [-0.2, 0) is 6.61 Å². The average Bonchev–Trinajstić information content (AvgIpc) is 2.46. The molecule has 0 aliphatic carbocycles. The molecule has 3 rings (SSSR count). The number of aromatic nitrogens is 2. The lowest BCUT2D eigenvalue weighted by Gasteiger charge is -2.08. The lowest BCUT2D eigenvalue weighted by atomic mass is 10.2. The lowest BCUT2D eigenvalue weighted by molar-refractivity contribution is 0.294. The van der Waals surface area contributed by atoms with E-state index in [9.17, 15) is 4.39 Å². The van der Waals surface area contributed by atoms with Gasteiger partial charge in [-0.05, 0) is 18.2 Å². The highest BCUT2D eigenvalue weighted by Crippen LogP contribution is 2.24. The van der Waals surface area contributed by atoms with E-state index in [1.165, 1.54) is 12.1 Å². The Morgan fingerprint density at radius 1 is 1.15 bits per heavy atom. The van der Waals surface area contributed by atoms with E-state index in [-0.39, 0.29) is 12.4 Å². The molecule has 3 aromatic rings. The summed E-state index contributed by atoms with van der Waals surface area (Å²) in [6.45, 7) is 0.210. The van der Waals surface area contributed by atoms with E-state index >= 15 is 0 Å². The van der Waals surface area contributed by atoms with Crippen LogP contribution in [0, 0.1) is 5.82 Å². The van der Waals surface area contributed by atoms with Gasteiger partial charge in [-0.15, -0.1) is 5.10 Å². The molecular weight excluding hydrogens is 279 g/mol. The van der Waals surface area contributed by atoms with Crippen LogP contribution in [0.5, 0.6) is 5.88 Å². The highest BCUT2D eigenvalue weighted by Gasteiger charge is 2.07. The predicted octanol–water partition coefficient (Wildman–Crippen LogP) is 4.00. The van der Waals surface area contributed by atoms with Crippen LogP contribution in [0.4, 0.5) is 4.39 Å². The van der Waals surface area contributed by atoms with Gasteiger partial charge in [0, 0.05) is 16.3 Å². The van der Waals surface area contributed by atoms with Crippen molar-refractivity contribution in [1.29, 1.82) is 0 Å². The van der Waals surface area contributed by atoms with Gasteiger partial charge in [0.2, 0.25) is 5.88 Å². The molecule has 0 atom stereocenters. The van der Waals surface area contributed by atoms with Crippen LogP contribution in [0.25, 0.3) is 10.8 Å². The fraction of sp³-hybridized carbons (Fsp3) is 0.0667. The van der Waals surface area contributed by atoms with E-state index in [0.717, 1.165) is 10.8 Å². The first-order valence-corrected chi connectivity index (χ1v) is 6.39. The molecule has 5 heteroatoms. The second-order valence-corrected chi connectivity index (χ2v) is 4.67. The fourth-order valence-corrected chi connectivity index (χ4v) is 2.11. The summed E-state index contributed by atoms with van der Waals surface area (Å²) in [5.74, 6) is 0.0622. The van der Waals surface area contributed by atoms with Gasteiger partial charge < -0.3 is 4.74 Å². The summed E-state index contributed by atoms with van der Waals surface area (Å²) in [6.07, 6.45) is 1.67. The van der Waals surface area contributed by atoms with Crippen molar-refractivity contribution in [2.75, 3.05) is 0 Å². The highest BCUT2D eigenvalue weighted by atomic mass is 35.5. The van der Waals surface area contributed by atoms with E-state index in [2.05, 4.69) is 10.2 Å². The van der Waals surface area contributed by atoms with Crippen LogP contribution in [-0.4, -0.2) is 10.2 Å². The van der Waals surface area contributed by atoms with Gasteiger partial charge in [-0.3, -0.25) is 0 Å². The molecular formula is C15H10ClFN2O. The van der Waals surface area contributed by atoms with Gasteiger partial charge >= 0.3 is 0 Å². The van der Waals surface area contributed by atoms with Crippen LogP contribution in [0.15, 0.2) is 48.7 Å². The predicted molar refractivity (Wildman–Crippen MR) is 75.3 cm³/mol. The molecule has 20 heavy (non-hydrogen) atoms. The highest BCUT2D eigenvalue weighted by molar-refractivity contribution is 6.31. The van der Waals surface area contributed by atoms with Crippen LogP contribution in [0.1, 0.15) is 5.56 Å². The zero-order valence-electron chi connectivity index (χ0n) is 10.4. The molecule has 0 bridgehead atoms. The van der Waals surface area contributed by atoms with Crippen molar-refractivity contribution in [2.45, 2.75) is 6.61 Å². The normalized spacial score (nSPS) is 10.7. The number of benzene rings is 2. The quantitative estimate of drug-likeness (QED) is 0.730. The zero-order valence-corrected chi connectivity index (χ0v) is 11.1. The van der Waals surface area contributed by atoms with E-state index < -0.39 is 0 Å². The number of ether oxygens (including phenoxy) is 1. The minimum atomic E-state index is -0.372. The first-order valence-electron chi connectivity index (χ1n) is 6.01. The number of nitrogens with zero attached hydrogens (tertiary/aromatic N) is 2. The smallest absolute Gasteiger partial charge is 0.241 e. The maximum Gasteiger partial charge on any atom is 0.241 e. The SMILES string of the molecule is Fc1ccc(COc2nncc3ccccc23)c(Cl)c1. The number of halogens is 2. The third-order valence-electron chi connectivity index (χ3n) is 2.92. The fourth-order valence-electron chi connectivity index (χ4n) is 1.89. The van der Waals surface area contributed by atoms with Crippen LogP contribution in [0.2, 0.25) is 5.02 Å². The first kappa shape index (κ1) is 12.8. The summed E-state index contributed by atoms with van der Waals surface area (Å²) >= 11 is 5.96. The second kappa shape index (κ2) is 5.43. The van der Waals surface area contributed by atoms with Crippen molar-refractivity contribution in [3.05, 3.63) is 65.1 Å². The molecule has 1 heterocycles. The molecule has 0 aliphatic heterocycles. The number of hydrogen-bond acceptors (Lipinski definition) is 3. The van der Waals surface area contributed by atoms with E-state index in [1.807, 2.05) is 24.3 Å². The topological polar surface area (TPSA) is 35.0 Å². The molecule has 0 unspecified atom stereocenters. The molecule has 0 saturated heterocycles. The number of rotatable bonds is 3. The van der Waals surface area contributed by atoms with Crippen molar-refractivity contribution in [3.63, 3.8) is 0 Å². The van der Waals surface area contributed by atoms with Gasteiger partial charge in [0.1, 0.15) is 12.4 Å². The summed E-state index contributed by atoms with van der Waals surface area (Å²) in [5.41, 5.74) is 0.697. The van der Waals surface area contributed by atoms with E-state index in [4.69, 9.17) is 16.3 Å². The summed E-state index contributed by atoms with van der Waals surface area (Å²) in [6, 6.07) is 11.9. The van der Waals surface area contributed by atoms with Gasteiger partial charge in [-0.25, -0.2) is 4.39 Å². The summed E-state index contributed by atoms with van der Waals surface area (Å²) in [7, 11) is 0. The molecule has 2 aromatic carbocycles. The van der Waals surface area contributed by atoms with Gasteiger partial charge in [0.05, 0.1) is 11.2 Å². The average molecular weight is 289 g/mol. The Morgan fingerprint density at radius 3 is 2.85 bits per heavy atom. The Morgan fingerprint density at radius 2 is 2.00 bits per heavy atom. The monoisotopic (exact) mass is 288 g/mol. The van der Waals surface area contributed by atoms with E-state index in [0.29, 0.717) is 16.5 Å². The third-order valence-corrected chi connectivity index (χ3v) is 3.27. The maximum atomic E-state index is 13.0. The largest absolute Gasteiger partial charge is 0.471 e. The number of hydrogen-bond donors (Lipinski definition) is 0. The van der Waals surface area contributed by atoms with Gasteiger partial charge in [0.25, 0.3) is 0 Å². The van der Waals surface area contributed by atoms with Gasteiger partial charge in [-0.2, -0.15) is 5.10 Å². The van der Waals surface area contributed by atoms with Crippen LogP contribution < -0.4 is 4.74 Å². The molecule has 100 valence electrons. The van der Waals surface area contributed by atoms with Crippen molar-refractivity contribution < 1.29 is 9.13 Å². The second-order valence-electron chi connectivity index (χ2n) is 4.26. The molecule has 0 fully saturated rings. The Bertz CT molecular complexity index is 758.